The zero-order chi connectivity index (χ0) is 11.5. The lowest BCUT2D eigenvalue weighted by atomic mass is 9.98. The van der Waals surface area contributed by atoms with Gasteiger partial charge < -0.3 is 0 Å². The quantitative estimate of drug-likeness (QED) is 0.789. The molecular formula is C14H14BrNO. The Kier molecular flexibility index (Phi) is 4.58. The molecular weight excluding hydrogens is 278 g/mol. The van der Waals surface area contributed by atoms with E-state index in [0.717, 1.165) is 34.2 Å². The SMILES string of the molecule is Br.Cc1cccnc1-c1cccc(C)c1C=O. The van der Waals surface area contributed by atoms with Crippen molar-refractivity contribution in [1.29, 1.82) is 0 Å². The Labute approximate surface area is 111 Å². The Bertz CT molecular complexity index is 537. The van der Waals surface area contributed by atoms with E-state index in [1.165, 1.54) is 0 Å². The van der Waals surface area contributed by atoms with Crippen LogP contribution in [0.2, 0.25) is 0 Å². The standard InChI is InChI=1S/C14H13NO.BrH/c1-10-5-3-7-12(13(10)9-16)14-11(2)6-4-8-15-14;/h3-9H,1-2H3;1H. The summed E-state index contributed by atoms with van der Waals surface area (Å²) >= 11 is 0. The van der Waals surface area contributed by atoms with Gasteiger partial charge in [-0.1, -0.05) is 24.3 Å². The first kappa shape index (κ1) is 13.6. The third-order valence-corrected chi connectivity index (χ3v) is 2.71. The van der Waals surface area contributed by atoms with Crippen LogP contribution in [0.25, 0.3) is 11.3 Å². The van der Waals surface area contributed by atoms with E-state index < -0.39 is 0 Å². The molecule has 17 heavy (non-hydrogen) atoms. The van der Waals surface area contributed by atoms with Gasteiger partial charge in [-0.3, -0.25) is 9.78 Å². The molecule has 0 aliphatic carbocycles. The number of nitrogens with zero attached hydrogens (tertiary/aromatic N) is 1. The molecule has 0 atom stereocenters. The van der Waals surface area contributed by atoms with E-state index in [1.807, 2.05) is 44.2 Å². The summed E-state index contributed by atoms with van der Waals surface area (Å²) in [5.41, 5.74) is 4.58. The zero-order valence-corrected chi connectivity index (χ0v) is 11.5. The van der Waals surface area contributed by atoms with Crippen molar-refractivity contribution >= 4 is 23.3 Å². The van der Waals surface area contributed by atoms with Crippen molar-refractivity contribution in [1.82, 2.24) is 4.98 Å². The molecule has 1 aromatic heterocycles. The average molecular weight is 292 g/mol. The Hall–Kier alpha value is -1.48. The first-order chi connectivity index (χ1) is 7.74. The van der Waals surface area contributed by atoms with Gasteiger partial charge in [-0.2, -0.15) is 0 Å². The molecule has 0 spiro atoms. The number of aryl methyl sites for hydroxylation is 2. The summed E-state index contributed by atoms with van der Waals surface area (Å²) in [6.07, 6.45) is 2.65. The van der Waals surface area contributed by atoms with Crippen molar-refractivity contribution in [3.8, 4) is 11.3 Å². The molecule has 0 bridgehead atoms. The molecule has 0 unspecified atom stereocenters. The Morgan fingerprint density at radius 1 is 1.06 bits per heavy atom. The first-order valence-electron chi connectivity index (χ1n) is 5.21. The molecule has 3 heteroatoms. The molecule has 0 N–H and O–H groups in total. The molecule has 0 amide bonds. The van der Waals surface area contributed by atoms with Crippen LogP contribution in [-0.2, 0) is 0 Å². The second kappa shape index (κ2) is 5.73. The highest BCUT2D eigenvalue weighted by atomic mass is 79.9. The van der Waals surface area contributed by atoms with E-state index in [1.54, 1.807) is 6.20 Å². The van der Waals surface area contributed by atoms with Crippen molar-refractivity contribution in [3.05, 3.63) is 53.2 Å². The van der Waals surface area contributed by atoms with Crippen molar-refractivity contribution in [2.24, 2.45) is 0 Å². The molecule has 0 saturated carbocycles. The molecule has 0 aliphatic heterocycles. The Morgan fingerprint density at radius 2 is 1.76 bits per heavy atom. The van der Waals surface area contributed by atoms with Crippen molar-refractivity contribution < 1.29 is 4.79 Å². The number of benzene rings is 1. The van der Waals surface area contributed by atoms with Gasteiger partial charge in [0, 0.05) is 17.3 Å². The molecule has 2 aromatic rings. The van der Waals surface area contributed by atoms with Gasteiger partial charge in [0.05, 0.1) is 5.69 Å². The number of carbonyl (C=O) groups excluding carboxylic acids is 1. The van der Waals surface area contributed by atoms with Crippen molar-refractivity contribution in [3.63, 3.8) is 0 Å². The summed E-state index contributed by atoms with van der Waals surface area (Å²) in [5, 5.41) is 0. The van der Waals surface area contributed by atoms with Crippen molar-refractivity contribution in [2.75, 3.05) is 0 Å². The highest BCUT2D eigenvalue weighted by Crippen LogP contribution is 2.25. The minimum Gasteiger partial charge on any atom is -0.298 e. The summed E-state index contributed by atoms with van der Waals surface area (Å²) in [4.78, 5) is 15.4. The van der Waals surface area contributed by atoms with E-state index in [4.69, 9.17) is 0 Å². The topological polar surface area (TPSA) is 30.0 Å². The van der Waals surface area contributed by atoms with Crippen LogP contribution in [0.5, 0.6) is 0 Å². The largest absolute Gasteiger partial charge is 0.298 e. The fourth-order valence-electron chi connectivity index (χ4n) is 1.81. The summed E-state index contributed by atoms with van der Waals surface area (Å²) < 4.78 is 0. The normalized spacial score (nSPS) is 9.53. The predicted octanol–water partition coefficient (Wildman–Crippen LogP) is 3.76. The molecule has 0 saturated heterocycles. The Balaban J connectivity index is 0.00000144. The van der Waals surface area contributed by atoms with Crippen LogP contribution < -0.4 is 0 Å². The number of hydrogen-bond acceptors (Lipinski definition) is 2. The summed E-state index contributed by atoms with van der Waals surface area (Å²) in [7, 11) is 0. The number of carbonyl (C=O) groups is 1. The number of aldehydes is 1. The minimum atomic E-state index is 0. The van der Waals surface area contributed by atoms with Gasteiger partial charge in [-0.05, 0) is 31.0 Å². The highest BCUT2D eigenvalue weighted by molar-refractivity contribution is 8.93. The fraction of sp³-hybridized carbons (Fsp3) is 0.143. The summed E-state index contributed by atoms with van der Waals surface area (Å²) in [6.45, 7) is 3.94. The number of rotatable bonds is 2. The van der Waals surface area contributed by atoms with Gasteiger partial charge in [-0.25, -0.2) is 0 Å². The lowest BCUT2D eigenvalue weighted by Crippen LogP contribution is -1.95. The Morgan fingerprint density at radius 3 is 2.41 bits per heavy atom. The molecule has 0 aliphatic rings. The summed E-state index contributed by atoms with van der Waals surface area (Å²) in [6, 6.07) is 9.72. The fourth-order valence-corrected chi connectivity index (χ4v) is 1.81. The first-order valence-corrected chi connectivity index (χ1v) is 5.21. The second-order valence-electron chi connectivity index (χ2n) is 3.82. The van der Waals surface area contributed by atoms with Crippen LogP contribution in [-0.4, -0.2) is 11.3 Å². The van der Waals surface area contributed by atoms with Crippen LogP contribution in [0, 0.1) is 13.8 Å². The van der Waals surface area contributed by atoms with Crippen LogP contribution >= 0.6 is 17.0 Å². The van der Waals surface area contributed by atoms with Gasteiger partial charge in [0.25, 0.3) is 0 Å². The zero-order valence-electron chi connectivity index (χ0n) is 9.81. The van der Waals surface area contributed by atoms with Crippen LogP contribution in [0.3, 0.4) is 0 Å². The maximum absolute atomic E-state index is 11.1. The highest BCUT2D eigenvalue weighted by Gasteiger charge is 2.09. The molecule has 1 aromatic carbocycles. The van der Waals surface area contributed by atoms with Crippen molar-refractivity contribution in [2.45, 2.75) is 13.8 Å². The molecule has 2 nitrogen and oxygen atoms in total. The van der Waals surface area contributed by atoms with E-state index >= 15 is 0 Å². The van der Waals surface area contributed by atoms with Gasteiger partial charge in [-0.15, -0.1) is 17.0 Å². The van der Waals surface area contributed by atoms with E-state index in [-0.39, 0.29) is 17.0 Å². The third-order valence-electron chi connectivity index (χ3n) is 2.71. The van der Waals surface area contributed by atoms with Gasteiger partial charge in [0.15, 0.2) is 6.29 Å². The van der Waals surface area contributed by atoms with E-state index in [0.29, 0.717) is 0 Å². The van der Waals surface area contributed by atoms with E-state index in [9.17, 15) is 4.79 Å². The predicted molar refractivity (Wildman–Crippen MR) is 74.9 cm³/mol. The maximum Gasteiger partial charge on any atom is 0.150 e. The van der Waals surface area contributed by atoms with Gasteiger partial charge in [0.1, 0.15) is 0 Å². The third kappa shape index (κ3) is 2.61. The molecule has 0 fully saturated rings. The minimum absolute atomic E-state index is 0. The van der Waals surface area contributed by atoms with Crippen LogP contribution in [0.4, 0.5) is 0 Å². The molecule has 88 valence electrons. The average Bonchev–Trinajstić information content (AvgIpc) is 2.29. The lowest BCUT2D eigenvalue weighted by Gasteiger charge is -2.08. The van der Waals surface area contributed by atoms with Crippen LogP contribution in [0.1, 0.15) is 21.5 Å². The number of halogens is 1. The second-order valence-corrected chi connectivity index (χ2v) is 3.82. The number of hydrogen-bond donors (Lipinski definition) is 0. The van der Waals surface area contributed by atoms with Crippen LogP contribution in [0.15, 0.2) is 36.5 Å². The number of pyridine rings is 1. The molecule has 1 heterocycles. The summed E-state index contributed by atoms with van der Waals surface area (Å²) in [5.74, 6) is 0. The molecule has 2 rings (SSSR count). The lowest BCUT2D eigenvalue weighted by molar-refractivity contribution is 0.112. The monoisotopic (exact) mass is 291 g/mol. The van der Waals surface area contributed by atoms with Gasteiger partial charge >= 0.3 is 0 Å². The maximum atomic E-state index is 11.1. The van der Waals surface area contributed by atoms with Gasteiger partial charge in [0.2, 0.25) is 0 Å². The number of aromatic nitrogens is 1. The smallest absolute Gasteiger partial charge is 0.150 e. The molecule has 0 radical (unpaired) electrons. The van der Waals surface area contributed by atoms with E-state index in [2.05, 4.69) is 4.98 Å².